The summed E-state index contributed by atoms with van der Waals surface area (Å²) in [4.78, 5) is 2.62. The summed E-state index contributed by atoms with van der Waals surface area (Å²) in [5, 5.41) is 2.76. The summed E-state index contributed by atoms with van der Waals surface area (Å²) >= 11 is 0. The minimum absolute atomic E-state index is 0.776. The first-order valence-electron chi connectivity index (χ1n) is 7.52. The molecule has 1 nitrogen and oxygen atoms in total. The van der Waals surface area contributed by atoms with E-state index in [4.69, 9.17) is 0 Å². The molecule has 0 N–H and O–H groups in total. The molecule has 0 saturated carbocycles. The van der Waals surface area contributed by atoms with Gasteiger partial charge >= 0.3 is 0 Å². The van der Waals surface area contributed by atoms with Crippen LogP contribution in [0.4, 0.5) is 0 Å². The van der Waals surface area contributed by atoms with Crippen molar-refractivity contribution in [3.8, 4) is 0 Å². The van der Waals surface area contributed by atoms with E-state index in [1.54, 1.807) is 5.56 Å². The fourth-order valence-electron chi connectivity index (χ4n) is 4.15. The topological polar surface area (TPSA) is 3.24 Å². The molecule has 0 amide bonds. The third-order valence-electron chi connectivity index (χ3n) is 5.34. The summed E-state index contributed by atoms with van der Waals surface area (Å²) in [6, 6.07) is 17.4. The molecule has 2 fully saturated rings. The second kappa shape index (κ2) is 4.35. The van der Waals surface area contributed by atoms with E-state index in [0.717, 1.165) is 18.0 Å². The predicted octanol–water partition coefficient (Wildman–Crippen LogP) is 4.18. The minimum Gasteiger partial charge on any atom is -0.300 e. The highest BCUT2D eigenvalue weighted by atomic mass is 15.2. The number of piperidine rings is 1. The molecule has 19 heavy (non-hydrogen) atoms. The number of hydrogen-bond acceptors (Lipinski definition) is 1. The van der Waals surface area contributed by atoms with Crippen molar-refractivity contribution in [1.29, 1.82) is 0 Å². The van der Waals surface area contributed by atoms with Crippen molar-refractivity contribution < 1.29 is 0 Å². The average molecular weight is 251 g/mol. The molecule has 3 atom stereocenters. The molecule has 2 unspecified atom stereocenters. The van der Waals surface area contributed by atoms with Gasteiger partial charge in [-0.05, 0) is 55.0 Å². The average Bonchev–Trinajstić information content (AvgIpc) is 2.68. The summed E-state index contributed by atoms with van der Waals surface area (Å²) in [7, 11) is 2.32. The number of nitrogens with zero attached hydrogens (tertiary/aromatic N) is 1. The quantitative estimate of drug-likeness (QED) is 0.735. The van der Waals surface area contributed by atoms with Crippen molar-refractivity contribution in [1.82, 2.24) is 4.90 Å². The fourth-order valence-corrected chi connectivity index (χ4v) is 4.15. The molecule has 4 rings (SSSR count). The first kappa shape index (κ1) is 11.5. The zero-order valence-corrected chi connectivity index (χ0v) is 11.5. The molecule has 0 radical (unpaired) electrons. The number of rotatable bonds is 1. The van der Waals surface area contributed by atoms with Gasteiger partial charge in [-0.25, -0.2) is 0 Å². The van der Waals surface area contributed by atoms with Gasteiger partial charge in [0.2, 0.25) is 0 Å². The predicted molar refractivity (Wildman–Crippen MR) is 80.5 cm³/mol. The van der Waals surface area contributed by atoms with Gasteiger partial charge in [0.05, 0.1) is 0 Å². The van der Waals surface area contributed by atoms with Crippen molar-refractivity contribution in [3.05, 3.63) is 48.0 Å². The Labute approximate surface area is 115 Å². The van der Waals surface area contributed by atoms with Crippen LogP contribution in [0.5, 0.6) is 0 Å². The van der Waals surface area contributed by atoms with Crippen LogP contribution in [0.15, 0.2) is 42.5 Å². The van der Waals surface area contributed by atoms with Crippen LogP contribution in [0.25, 0.3) is 10.8 Å². The van der Waals surface area contributed by atoms with Gasteiger partial charge in [0, 0.05) is 12.1 Å². The SMILES string of the molecule is CN1C2CC[C@@H]1CC(c1ccc3ccccc3c1)C2. The van der Waals surface area contributed by atoms with Crippen LogP contribution in [0.3, 0.4) is 0 Å². The summed E-state index contributed by atoms with van der Waals surface area (Å²) < 4.78 is 0. The number of hydrogen-bond donors (Lipinski definition) is 0. The molecule has 2 bridgehead atoms. The molecule has 2 aromatic rings. The summed E-state index contributed by atoms with van der Waals surface area (Å²) in [5.74, 6) is 0.776. The number of fused-ring (bicyclic) bond motifs is 3. The molecule has 0 spiro atoms. The van der Waals surface area contributed by atoms with Crippen LogP contribution in [-0.4, -0.2) is 24.0 Å². The van der Waals surface area contributed by atoms with E-state index in [0.29, 0.717) is 0 Å². The highest BCUT2D eigenvalue weighted by Crippen LogP contribution is 2.42. The summed E-state index contributed by atoms with van der Waals surface area (Å²) in [6.07, 6.45) is 5.52. The lowest BCUT2D eigenvalue weighted by molar-refractivity contribution is 0.162. The van der Waals surface area contributed by atoms with Crippen molar-refractivity contribution in [2.75, 3.05) is 7.05 Å². The van der Waals surface area contributed by atoms with Crippen LogP contribution in [0.1, 0.15) is 37.2 Å². The van der Waals surface area contributed by atoms with Gasteiger partial charge in [-0.2, -0.15) is 0 Å². The zero-order valence-electron chi connectivity index (χ0n) is 11.5. The van der Waals surface area contributed by atoms with Crippen molar-refractivity contribution in [3.63, 3.8) is 0 Å². The Morgan fingerprint density at radius 2 is 1.58 bits per heavy atom. The lowest BCUT2D eigenvalue weighted by Gasteiger charge is -2.36. The van der Waals surface area contributed by atoms with E-state index in [9.17, 15) is 0 Å². The first-order chi connectivity index (χ1) is 9.31. The van der Waals surface area contributed by atoms with E-state index in [-0.39, 0.29) is 0 Å². The standard InChI is InChI=1S/C18H21N/c1-19-17-8-9-18(19)12-16(11-17)15-7-6-13-4-2-3-5-14(13)10-15/h2-7,10,16-18H,8-9,11-12H2,1H3/t16?,17-,18?/m1/s1. The Balaban J connectivity index is 1.68. The molecule has 1 heteroatoms. The molecule has 2 heterocycles. The van der Waals surface area contributed by atoms with Crippen LogP contribution in [-0.2, 0) is 0 Å². The van der Waals surface area contributed by atoms with E-state index in [2.05, 4.69) is 54.4 Å². The van der Waals surface area contributed by atoms with Gasteiger partial charge in [0.15, 0.2) is 0 Å². The second-order valence-electron chi connectivity index (χ2n) is 6.33. The Kier molecular flexibility index (Phi) is 2.63. The summed E-state index contributed by atoms with van der Waals surface area (Å²) in [6.45, 7) is 0. The van der Waals surface area contributed by atoms with Crippen LogP contribution in [0.2, 0.25) is 0 Å². The molecular formula is C18H21N. The fraction of sp³-hybridized carbons (Fsp3) is 0.444. The highest BCUT2D eigenvalue weighted by molar-refractivity contribution is 5.83. The Morgan fingerprint density at radius 1 is 0.895 bits per heavy atom. The van der Waals surface area contributed by atoms with E-state index >= 15 is 0 Å². The van der Waals surface area contributed by atoms with Gasteiger partial charge < -0.3 is 4.90 Å². The normalized spacial score (nSPS) is 30.9. The minimum atomic E-state index is 0.776. The van der Waals surface area contributed by atoms with Crippen molar-refractivity contribution in [2.45, 2.75) is 43.7 Å². The Bertz CT molecular complexity index is 589. The Hall–Kier alpha value is -1.34. The van der Waals surface area contributed by atoms with E-state index in [1.165, 1.54) is 36.5 Å². The summed E-state index contributed by atoms with van der Waals surface area (Å²) in [5.41, 5.74) is 1.56. The first-order valence-corrected chi connectivity index (χ1v) is 7.52. The van der Waals surface area contributed by atoms with E-state index in [1.807, 2.05) is 0 Å². The molecule has 0 aliphatic carbocycles. The highest BCUT2D eigenvalue weighted by Gasteiger charge is 2.38. The second-order valence-corrected chi connectivity index (χ2v) is 6.33. The molecule has 2 aliphatic rings. The maximum Gasteiger partial charge on any atom is 0.0102 e. The van der Waals surface area contributed by atoms with Gasteiger partial charge in [-0.15, -0.1) is 0 Å². The van der Waals surface area contributed by atoms with Gasteiger partial charge in [-0.1, -0.05) is 42.5 Å². The molecule has 98 valence electrons. The number of benzene rings is 2. The Morgan fingerprint density at radius 3 is 2.32 bits per heavy atom. The lowest BCUT2D eigenvalue weighted by Crippen LogP contribution is -2.39. The third kappa shape index (κ3) is 1.88. The zero-order chi connectivity index (χ0) is 12.8. The van der Waals surface area contributed by atoms with Gasteiger partial charge in [0.1, 0.15) is 0 Å². The molecule has 2 aromatic carbocycles. The molecular weight excluding hydrogens is 230 g/mol. The van der Waals surface area contributed by atoms with Crippen molar-refractivity contribution >= 4 is 10.8 Å². The third-order valence-corrected chi connectivity index (χ3v) is 5.34. The van der Waals surface area contributed by atoms with Crippen LogP contribution >= 0.6 is 0 Å². The van der Waals surface area contributed by atoms with E-state index < -0.39 is 0 Å². The molecule has 2 saturated heterocycles. The van der Waals surface area contributed by atoms with Gasteiger partial charge in [0.25, 0.3) is 0 Å². The van der Waals surface area contributed by atoms with Gasteiger partial charge in [-0.3, -0.25) is 0 Å². The maximum absolute atomic E-state index is 2.62. The van der Waals surface area contributed by atoms with Crippen molar-refractivity contribution in [2.24, 2.45) is 0 Å². The van der Waals surface area contributed by atoms with Crippen LogP contribution < -0.4 is 0 Å². The lowest BCUT2D eigenvalue weighted by atomic mass is 9.84. The maximum atomic E-state index is 2.62. The van der Waals surface area contributed by atoms with Crippen LogP contribution in [0, 0.1) is 0 Å². The largest absolute Gasteiger partial charge is 0.300 e. The monoisotopic (exact) mass is 251 g/mol. The molecule has 2 aliphatic heterocycles. The molecule has 0 aromatic heterocycles. The smallest absolute Gasteiger partial charge is 0.0102 e.